The summed E-state index contributed by atoms with van der Waals surface area (Å²) in [5, 5.41) is 7.79. The molecule has 0 aliphatic rings. The molecule has 1 heterocycles. The van der Waals surface area contributed by atoms with E-state index >= 15 is 0 Å². The Morgan fingerprint density at radius 3 is 2.91 bits per heavy atom. The van der Waals surface area contributed by atoms with Crippen LogP contribution in [0.15, 0.2) is 48.7 Å². The monoisotopic (exact) mass is 309 g/mol. The molecule has 1 aromatic heterocycles. The minimum atomic E-state index is -0.0283. The average Bonchev–Trinajstić information content (AvgIpc) is 3.03. The number of amides is 1. The number of para-hydroxylation sites is 1. The maximum Gasteiger partial charge on any atom is 0.253 e. The minimum Gasteiger partial charge on any atom is -0.494 e. The Hall–Kier alpha value is -2.82. The molecule has 0 atom stereocenters. The van der Waals surface area contributed by atoms with Crippen molar-refractivity contribution < 1.29 is 9.53 Å². The lowest BCUT2D eigenvalue weighted by atomic mass is 10.1. The van der Waals surface area contributed by atoms with Crippen molar-refractivity contribution in [3.8, 4) is 5.75 Å². The second-order valence-electron chi connectivity index (χ2n) is 5.37. The molecule has 0 aliphatic carbocycles. The molecule has 1 N–H and O–H groups in total. The largest absolute Gasteiger partial charge is 0.494 e. The highest BCUT2D eigenvalue weighted by Crippen LogP contribution is 2.21. The highest BCUT2D eigenvalue weighted by Gasteiger charge is 2.14. The molecule has 0 fully saturated rings. The van der Waals surface area contributed by atoms with Crippen molar-refractivity contribution >= 4 is 16.8 Å². The first-order valence-corrected chi connectivity index (χ1v) is 7.58. The minimum absolute atomic E-state index is 0.0283. The second kappa shape index (κ2) is 6.52. The summed E-state index contributed by atoms with van der Waals surface area (Å²) in [5.41, 5.74) is 2.57. The molecule has 5 heteroatoms. The van der Waals surface area contributed by atoms with Gasteiger partial charge in [0.2, 0.25) is 0 Å². The van der Waals surface area contributed by atoms with E-state index in [4.69, 9.17) is 4.74 Å². The zero-order valence-electron chi connectivity index (χ0n) is 13.2. The maximum absolute atomic E-state index is 12.6. The van der Waals surface area contributed by atoms with Gasteiger partial charge in [-0.2, -0.15) is 5.10 Å². The lowest BCUT2D eigenvalue weighted by Gasteiger charge is -2.19. The van der Waals surface area contributed by atoms with Gasteiger partial charge in [-0.15, -0.1) is 0 Å². The average molecular weight is 309 g/mol. The predicted octanol–water partition coefficient (Wildman–Crippen LogP) is 3.23. The Bertz CT molecular complexity index is 826. The summed E-state index contributed by atoms with van der Waals surface area (Å²) < 4.78 is 5.62. The molecular weight excluding hydrogens is 290 g/mol. The third kappa shape index (κ3) is 3.18. The van der Waals surface area contributed by atoms with Gasteiger partial charge in [0, 0.05) is 30.1 Å². The molecule has 0 saturated carbocycles. The van der Waals surface area contributed by atoms with Gasteiger partial charge in [-0.1, -0.05) is 18.2 Å². The smallest absolute Gasteiger partial charge is 0.253 e. The Morgan fingerprint density at radius 2 is 2.09 bits per heavy atom. The quantitative estimate of drug-likeness (QED) is 0.787. The van der Waals surface area contributed by atoms with Gasteiger partial charge >= 0.3 is 0 Å². The molecule has 1 amide bonds. The number of benzene rings is 2. The first kappa shape index (κ1) is 15.1. The normalized spacial score (nSPS) is 10.7. The summed E-state index contributed by atoms with van der Waals surface area (Å²) in [7, 11) is 1.80. The van der Waals surface area contributed by atoms with Gasteiger partial charge in [-0.05, 0) is 31.2 Å². The van der Waals surface area contributed by atoms with Crippen LogP contribution in [-0.2, 0) is 6.54 Å². The van der Waals surface area contributed by atoms with Gasteiger partial charge in [0.05, 0.1) is 18.3 Å². The topological polar surface area (TPSA) is 58.2 Å². The summed E-state index contributed by atoms with van der Waals surface area (Å²) in [5.74, 6) is 0.791. The number of rotatable bonds is 5. The van der Waals surface area contributed by atoms with Crippen LogP contribution in [0.4, 0.5) is 0 Å². The Morgan fingerprint density at radius 1 is 1.26 bits per heavy atom. The fraction of sp³-hybridized carbons (Fsp3) is 0.222. The molecule has 0 unspecified atom stereocenters. The van der Waals surface area contributed by atoms with Crippen LogP contribution in [0.3, 0.4) is 0 Å². The molecular formula is C18H19N3O2. The van der Waals surface area contributed by atoms with Gasteiger partial charge < -0.3 is 9.64 Å². The number of carbonyl (C=O) groups excluding carboxylic acids is 1. The van der Waals surface area contributed by atoms with E-state index in [1.54, 1.807) is 18.1 Å². The van der Waals surface area contributed by atoms with Crippen molar-refractivity contribution in [2.75, 3.05) is 13.7 Å². The number of H-pyrrole nitrogens is 1. The molecule has 0 bridgehead atoms. The summed E-state index contributed by atoms with van der Waals surface area (Å²) in [6, 6.07) is 13.3. The number of nitrogens with one attached hydrogen (secondary N) is 1. The van der Waals surface area contributed by atoms with Crippen molar-refractivity contribution in [2.24, 2.45) is 0 Å². The number of carbonyl (C=O) groups is 1. The third-order valence-electron chi connectivity index (χ3n) is 3.71. The zero-order valence-corrected chi connectivity index (χ0v) is 13.2. The fourth-order valence-electron chi connectivity index (χ4n) is 2.55. The Kier molecular flexibility index (Phi) is 4.28. The number of nitrogens with zero attached hydrogens (tertiary/aromatic N) is 2. The van der Waals surface area contributed by atoms with Gasteiger partial charge in [-0.3, -0.25) is 9.89 Å². The summed E-state index contributed by atoms with van der Waals surface area (Å²) in [6.45, 7) is 3.05. The van der Waals surface area contributed by atoms with Gasteiger partial charge in [0.1, 0.15) is 5.75 Å². The molecule has 3 aromatic rings. The lowest BCUT2D eigenvalue weighted by Crippen LogP contribution is -2.26. The highest BCUT2D eigenvalue weighted by atomic mass is 16.5. The molecule has 3 rings (SSSR count). The predicted molar refractivity (Wildman–Crippen MR) is 89.5 cm³/mol. The van der Waals surface area contributed by atoms with E-state index in [1.165, 1.54) is 0 Å². The van der Waals surface area contributed by atoms with E-state index in [9.17, 15) is 4.79 Å². The number of ether oxygens (including phenoxy) is 1. The number of fused-ring (bicyclic) bond motifs is 1. The fourth-order valence-corrected chi connectivity index (χ4v) is 2.55. The molecule has 0 spiro atoms. The van der Waals surface area contributed by atoms with Crippen LogP contribution in [-0.4, -0.2) is 34.7 Å². The zero-order chi connectivity index (χ0) is 16.2. The van der Waals surface area contributed by atoms with E-state index in [-0.39, 0.29) is 5.91 Å². The van der Waals surface area contributed by atoms with E-state index in [0.29, 0.717) is 18.7 Å². The number of aromatic nitrogens is 2. The van der Waals surface area contributed by atoms with Crippen LogP contribution in [0.25, 0.3) is 10.9 Å². The van der Waals surface area contributed by atoms with Crippen molar-refractivity contribution in [1.82, 2.24) is 15.1 Å². The van der Waals surface area contributed by atoms with E-state index in [2.05, 4.69) is 10.2 Å². The highest BCUT2D eigenvalue weighted by molar-refractivity contribution is 5.97. The Balaban J connectivity index is 1.79. The van der Waals surface area contributed by atoms with E-state index < -0.39 is 0 Å². The molecule has 5 nitrogen and oxygen atoms in total. The van der Waals surface area contributed by atoms with Crippen LogP contribution >= 0.6 is 0 Å². The molecule has 23 heavy (non-hydrogen) atoms. The maximum atomic E-state index is 12.6. The third-order valence-corrected chi connectivity index (χ3v) is 3.71. The Labute approximate surface area is 134 Å². The second-order valence-corrected chi connectivity index (χ2v) is 5.37. The van der Waals surface area contributed by atoms with Crippen molar-refractivity contribution in [1.29, 1.82) is 0 Å². The van der Waals surface area contributed by atoms with Crippen molar-refractivity contribution in [2.45, 2.75) is 13.5 Å². The number of hydrogen-bond donors (Lipinski definition) is 1. The summed E-state index contributed by atoms with van der Waals surface area (Å²) in [4.78, 5) is 14.3. The SMILES string of the molecule is CCOc1ccccc1CN(C)C(=O)c1ccc2[nH]ncc2c1. The van der Waals surface area contributed by atoms with E-state index in [0.717, 1.165) is 22.2 Å². The van der Waals surface area contributed by atoms with Crippen molar-refractivity contribution in [3.63, 3.8) is 0 Å². The summed E-state index contributed by atoms with van der Waals surface area (Å²) in [6.07, 6.45) is 1.72. The molecule has 0 saturated heterocycles. The van der Waals surface area contributed by atoms with Gasteiger partial charge in [-0.25, -0.2) is 0 Å². The van der Waals surface area contributed by atoms with Gasteiger partial charge in [0.25, 0.3) is 5.91 Å². The first-order valence-electron chi connectivity index (χ1n) is 7.58. The van der Waals surface area contributed by atoms with Crippen LogP contribution < -0.4 is 4.74 Å². The lowest BCUT2D eigenvalue weighted by molar-refractivity contribution is 0.0784. The molecule has 2 aromatic carbocycles. The van der Waals surface area contributed by atoms with Crippen molar-refractivity contribution in [3.05, 3.63) is 59.8 Å². The summed E-state index contributed by atoms with van der Waals surface area (Å²) >= 11 is 0. The first-order chi connectivity index (χ1) is 11.2. The van der Waals surface area contributed by atoms with E-state index in [1.807, 2.05) is 49.4 Å². The van der Waals surface area contributed by atoms with Crippen LogP contribution in [0.5, 0.6) is 5.75 Å². The molecule has 0 radical (unpaired) electrons. The number of aromatic amines is 1. The van der Waals surface area contributed by atoms with Crippen LogP contribution in [0.2, 0.25) is 0 Å². The van der Waals surface area contributed by atoms with Gasteiger partial charge in [0.15, 0.2) is 0 Å². The molecule has 118 valence electrons. The van der Waals surface area contributed by atoms with Crippen LogP contribution in [0, 0.1) is 0 Å². The molecule has 0 aliphatic heterocycles. The van der Waals surface area contributed by atoms with Crippen LogP contribution in [0.1, 0.15) is 22.8 Å². The number of hydrogen-bond acceptors (Lipinski definition) is 3. The standard InChI is InChI=1S/C18H19N3O2/c1-3-23-17-7-5-4-6-14(17)12-21(2)18(22)13-8-9-16-15(10-13)11-19-20-16/h4-11H,3,12H2,1-2H3,(H,19,20).